The van der Waals surface area contributed by atoms with Crippen molar-refractivity contribution < 1.29 is 14.2 Å². The Morgan fingerprint density at radius 1 is 1.06 bits per heavy atom. The molecule has 2 atom stereocenters. The zero-order chi connectivity index (χ0) is 23.7. The Kier molecular flexibility index (Phi) is 6.84. The normalized spacial score (nSPS) is 18.6. The molecule has 7 heteroatoms. The lowest BCUT2D eigenvalue weighted by atomic mass is 9.96. The summed E-state index contributed by atoms with van der Waals surface area (Å²) in [5.41, 5.74) is 4.25. The Morgan fingerprint density at radius 3 is 2.65 bits per heavy atom. The summed E-state index contributed by atoms with van der Waals surface area (Å²) in [6, 6.07) is 20.5. The molecule has 5 nitrogen and oxygen atoms in total. The fraction of sp³-hybridized carbons (Fsp3) is 0.296. The first-order chi connectivity index (χ1) is 16.6. The van der Waals surface area contributed by atoms with Gasteiger partial charge in [-0.05, 0) is 58.2 Å². The first-order valence-corrected chi connectivity index (χ1v) is 13.0. The van der Waals surface area contributed by atoms with Crippen molar-refractivity contribution >= 4 is 37.6 Å². The van der Waals surface area contributed by atoms with Crippen LogP contribution in [0, 0.1) is 0 Å². The third-order valence-electron chi connectivity index (χ3n) is 6.14. The van der Waals surface area contributed by atoms with E-state index in [0.717, 1.165) is 62.1 Å². The third kappa shape index (κ3) is 4.43. The van der Waals surface area contributed by atoms with Crippen LogP contribution in [0.4, 0.5) is 0 Å². The molecule has 0 unspecified atom stereocenters. The molecule has 0 amide bonds. The average Bonchev–Trinajstić information content (AvgIpc) is 3.30. The van der Waals surface area contributed by atoms with Crippen LogP contribution in [0.3, 0.4) is 0 Å². The largest absolute Gasteiger partial charge is 0.493 e. The van der Waals surface area contributed by atoms with Crippen LogP contribution in [-0.2, 0) is 0 Å². The van der Waals surface area contributed by atoms with Crippen molar-refractivity contribution in [3.63, 3.8) is 0 Å². The van der Waals surface area contributed by atoms with Crippen LogP contribution in [0.5, 0.6) is 17.2 Å². The highest BCUT2D eigenvalue weighted by molar-refractivity contribution is 9.11. The number of hydrazone groups is 1. The molecule has 2 aliphatic rings. The molecule has 176 valence electrons. The molecule has 2 aliphatic heterocycles. The Morgan fingerprint density at radius 2 is 1.88 bits per heavy atom. The molecule has 5 rings (SSSR count). The number of rotatable bonds is 7. The number of ether oxygens (including phenoxy) is 3. The van der Waals surface area contributed by atoms with E-state index >= 15 is 0 Å². The van der Waals surface area contributed by atoms with Gasteiger partial charge in [-0.3, -0.25) is 0 Å². The fourth-order valence-electron chi connectivity index (χ4n) is 4.42. The van der Waals surface area contributed by atoms with Crippen LogP contribution in [0.1, 0.15) is 55.1 Å². The van der Waals surface area contributed by atoms with Gasteiger partial charge in [-0.1, -0.05) is 59.6 Å². The van der Waals surface area contributed by atoms with Crippen molar-refractivity contribution in [2.45, 2.75) is 38.5 Å². The smallest absolute Gasteiger partial charge is 0.214 e. The average molecular weight is 586 g/mol. The maximum absolute atomic E-state index is 6.59. The molecule has 0 spiro atoms. The van der Waals surface area contributed by atoms with E-state index in [1.807, 2.05) is 42.5 Å². The van der Waals surface area contributed by atoms with E-state index in [9.17, 15) is 0 Å². The Hall–Kier alpha value is -2.51. The van der Waals surface area contributed by atoms with Crippen LogP contribution in [0.25, 0.3) is 0 Å². The maximum Gasteiger partial charge on any atom is 0.214 e. The number of halogens is 2. The van der Waals surface area contributed by atoms with Crippen molar-refractivity contribution in [2.75, 3.05) is 13.7 Å². The minimum absolute atomic E-state index is 0.0595. The lowest BCUT2D eigenvalue weighted by Gasteiger charge is -2.38. The molecule has 3 aromatic carbocycles. The van der Waals surface area contributed by atoms with Crippen molar-refractivity contribution in [1.29, 1.82) is 0 Å². The minimum Gasteiger partial charge on any atom is -0.493 e. The van der Waals surface area contributed by atoms with Gasteiger partial charge in [-0.15, -0.1) is 0 Å². The quantitative estimate of drug-likeness (QED) is 0.267. The summed E-state index contributed by atoms with van der Waals surface area (Å²) in [6.45, 7) is 2.82. The van der Waals surface area contributed by atoms with Gasteiger partial charge in [0.25, 0.3) is 0 Å². The highest BCUT2D eigenvalue weighted by Gasteiger charge is 2.42. The van der Waals surface area contributed by atoms with E-state index in [1.54, 1.807) is 7.11 Å². The zero-order valence-corrected chi connectivity index (χ0v) is 22.3. The van der Waals surface area contributed by atoms with Gasteiger partial charge >= 0.3 is 0 Å². The molecule has 34 heavy (non-hydrogen) atoms. The molecular formula is C27H26Br2N2O3. The number of unbranched alkanes of at least 4 members (excludes halogenated alkanes) is 1. The first kappa shape index (κ1) is 23.2. The van der Waals surface area contributed by atoms with E-state index in [2.05, 4.69) is 62.0 Å². The SMILES string of the molecule is CCCCOc1ccc([C@@H]2Oc3c(Br)cc(Br)cc3[C@@H]3CC(c4ccccc4)=NN32)cc1OC. The Labute approximate surface area is 217 Å². The number of methoxy groups -OCH3 is 1. The molecule has 0 saturated carbocycles. The van der Waals surface area contributed by atoms with Crippen molar-refractivity contribution in [1.82, 2.24) is 5.01 Å². The second-order valence-electron chi connectivity index (χ2n) is 8.40. The van der Waals surface area contributed by atoms with Gasteiger partial charge in [0, 0.05) is 22.0 Å². The molecular weight excluding hydrogens is 560 g/mol. The minimum atomic E-state index is -0.394. The molecule has 0 fully saturated rings. The number of nitrogens with zero attached hydrogens (tertiary/aromatic N) is 2. The monoisotopic (exact) mass is 584 g/mol. The van der Waals surface area contributed by atoms with Gasteiger partial charge in [-0.25, -0.2) is 5.01 Å². The number of hydrogen-bond acceptors (Lipinski definition) is 5. The second kappa shape index (κ2) is 10.0. The van der Waals surface area contributed by atoms with Crippen LogP contribution in [0.2, 0.25) is 0 Å². The van der Waals surface area contributed by atoms with Crippen LogP contribution >= 0.6 is 31.9 Å². The molecule has 3 aromatic rings. The van der Waals surface area contributed by atoms with E-state index in [1.165, 1.54) is 0 Å². The Balaban J connectivity index is 1.55. The molecule has 0 bridgehead atoms. The topological polar surface area (TPSA) is 43.3 Å². The van der Waals surface area contributed by atoms with Gasteiger partial charge in [0.1, 0.15) is 5.75 Å². The van der Waals surface area contributed by atoms with Gasteiger partial charge in [-0.2, -0.15) is 5.10 Å². The van der Waals surface area contributed by atoms with E-state index < -0.39 is 6.23 Å². The maximum atomic E-state index is 6.59. The van der Waals surface area contributed by atoms with Crippen molar-refractivity contribution in [3.05, 3.63) is 86.3 Å². The number of hydrogen-bond donors (Lipinski definition) is 0. The Bertz CT molecular complexity index is 1220. The molecule has 0 radical (unpaired) electrons. The summed E-state index contributed by atoms with van der Waals surface area (Å²) in [5.74, 6) is 2.29. The summed E-state index contributed by atoms with van der Waals surface area (Å²) in [4.78, 5) is 0. The molecule has 0 aliphatic carbocycles. The van der Waals surface area contributed by atoms with Gasteiger partial charge in [0.15, 0.2) is 11.5 Å². The highest BCUT2D eigenvalue weighted by Crippen LogP contribution is 2.51. The van der Waals surface area contributed by atoms with Crippen molar-refractivity contribution in [3.8, 4) is 17.2 Å². The fourth-order valence-corrected chi connectivity index (χ4v) is 5.77. The summed E-state index contributed by atoms with van der Waals surface area (Å²) in [5, 5.41) is 7.14. The number of fused-ring (bicyclic) bond motifs is 3. The molecule has 2 heterocycles. The standard InChI is InChI=1S/C27H26Br2N2O3/c1-3-4-12-33-24-11-10-18(13-25(24)32-2)27-31-23(16-22(30-31)17-8-6-5-7-9-17)20-14-19(28)15-21(29)26(20)34-27/h5-11,13-15,23,27H,3-4,12,16H2,1-2H3/t23-,27-/m0/s1. The van der Waals surface area contributed by atoms with Crippen LogP contribution in [-0.4, -0.2) is 24.4 Å². The number of benzene rings is 3. The van der Waals surface area contributed by atoms with Crippen LogP contribution in [0.15, 0.2) is 74.7 Å². The van der Waals surface area contributed by atoms with Crippen molar-refractivity contribution in [2.24, 2.45) is 5.10 Å². The molecule has 0 saturated heterocycles. The van der Waals surface area contributed by atoms with E-state index in [0.29, 0.717) is 12.4 Å². The van der Waals surface area contributed by atoms with Crippen LogP contribution < -0.4 is 14.2 Å². The zero-order valence-electron chi connectivity index (χ0n) is 19.1. The molecule has 0 N–H and O–H groups in total. The summed E-state index contributed by atoms with van der Waals surface area (Å²) in [6.07, 6.45) is 2.49. The first-order valence-electron chi connectivity index (χ1n) is 11.5. The summed E-state index contributed by atoms with van der Waals surface area (Å²) in [7, 11) is 1.67. The van der Waals surface area contributed by atoms with Gasteiger partial charge in [0.2, 0.25) is 6.23 Å². The molecule has 0 aromatic heterocycles. The highest BCUT2D eigenvalue weighted by atomic mass is 79.9. The predicted octanol–water partition coefficient (Wildman–Crippen LogP) is 7.64. The summed E-state index contributed by atoms with van der Waals surface area (Å²) < 4.78 is 20.1. The van der Waals surface area contributed by atoms with E-state index in [4.69, 9.17) is 19.3 Å². The predicted molar refractivity (Wildman–Crippen MR) is 141 cm³/mol. The van der Waals surface area contributed by atoms with Gasteiger partial charge in [0.05, 0.1) is 29.9 Å². The van der Waals surface area contributed by atoms with Gasteiger partial charge < -0.3 is 14.2 Å². The second-order valence-corrected chi connectivity index (χ2v) is 10.2. The van der Waals surface area contributed by atoms with E-state index in [-0.39, 0.29) is 6.04 Å². The lowest BCUT2D eigenvalue weighted by Crippen LogP contribution is -2.34. The third-order valence-corrected chi connectivity index (χ3v) is 7.19. The lowest BCUT2D eigenvalue weighted by molar-refractivity contribution is -0.0198. The summed E-state index contributed by atoms with van der Waals surface area (Å²) >= 11 is 7.35.